The Morgan fingerprint density at radius 1 is 1.03 bits per heavy atom. The van der Waals surface area contributed by atoms with Crippen molar-refractivity contribution in [2.45, 2.75) is 19.6 Å². The van der Waals surface area contributed by atoms with Crippen LogP contribution in [-0.2, 0) is 16.1 Å². The molecule has 0 saturated carbocycles. The monoisotopic (exact) mass is 511 g/mol. The molecule has 0 aliphatic carbocycles. The van der Waals surface area contributed by atoms with Gasteiger partial charge < -0.3 is 20.3 Å². The first kappa shape index (κ1) is 27.0. The molecule has 37 heavy (non-hydrogen) atoms. The van der Waals surface area contributed by atoms with Gasteiger partial charge in [-0.15, -0.1) is 0 Å². The normalized spacial score (nSPS) is 11.2. The third kappa shape index (κ3) is 7.20. The van der Waals surface area contributed by atoms with Crippen LogP contribution >= 0.6 is 0 Å². The highest BCUT2D eigenvalue weighted by molar-refractivity contribution is 5.98. The fraction of sp³-hybridized carbons (Fsp3) is 0.148. The summed E-state index contributed by atoms with van der Waals surface area (Å²) in [5.74, 6) is 2.20. The second kappa shape index (κ2) is 11.9. The predicted octanol–water partition coefficient (Wildman–Crippen LogP) is 5.46. The zero-order valence-electron chi connectivity index (χ0n) is 19.8. The summed E-state index contributed by atoms with van der Waals surface area (Å²) in [6, 6.07) is 22.4. The Morgan fingerprint density at radius 3 is 2.38 bits per heavy atom. The third-order valence-electron chi connectivity index (χ3n) is 5.22. The zero-order chi connectivity index (χ0) is 27.0. The minimum atomic E-state index is -5.08. The van der Waals surface area contributed by atoms with Crippen molar-refractivity contribution >= 4 is 28.9 Å². The number of nitrogens with two attached hydrogens (primary N) is 1. The predicted molar refractivity (Wildman–Crippen MR) is 134 cm³/mol. The number of carbonyl (C=O) groups excluding carboxylic acids is 1. The van der Waals surface area contributed by atoms with E-state index in [4.69, 9.17) is 20.5 Å². The highest BCUT2D eigenvalue weighted by atomic mass is 19.4. The van der Waals surface area contributed by atoms with Gasteiger partial charge in [-0.05, 0) is 46.5 Å². The molecule has 0 bridgehead atoms. The fourth-order valence-corrected chi connectivity index (χ4v) is 3.62. The van der Waals surface area contributed by atoms with Crippen molar-refractivity contribution in [2.75, 3.05) is 6.61 Å². The highest BCUT2D eigenvalue weighted by Crippen LogP contribution is 2.27. The third-order valence-corrected chi connectivity index (χ3v) is 5.22. The van der Waals surface area contributed by atoms with Crippen molar-refractivity contribution in [3.8, 4) is 11.1 Å². The SMILES string of the molecule is CCOC(=O)c1cn(Cc2ccc3ccccc3c2)cc1-c1cccc(C=NN)c1.O=C(O)C(F)(F)F. The Morgan fingerprint density at radius 2 is 1.73 bits per heavy atom. The maximum Gasteiger partial charge on any atom is 0.490 e. The molecule has 4 aromatic rings. The molecule has 7 nitrogen and oxygen atoms in total. The molecule has 0 saturated heterocycles. The van der Waals surface area contributed by atoms with Gasteiger partial charge in [0.25, 0.3) is 0 Å². The number of carboxylic acids is 1. The lowest BCUT2D eigenvalue weighted by molar-refractivity contribution is -0.192. The maximum absolute atomic E-state index is 12.6. The van der Waals surface area contributed by atoms with Crippen LogP contribution in [0.3, 0.4) is 0 Å². The van der Waals surface area contributed by atoms with Gasteiger partial charge in [-0.1, -0.05) is 54.6 Å². The summed E-state index contributed by atoms with van der Waals surface area (Å²) < 4.78 is 39.0. The number of fused-ring (bicyclic) bond motifs is 1. The number of hydrazone groups is 1. The van der Waals surface area contributed by atoms with Gasteiger partial charge >= 0.3 is 18.1 Å². The quantitative estimate of drug-likeness (QED) is 0.155. The topological polar surface area (TPSA) is 107 Å². The van der Waals surface area contributed by atoms with E-state index in [1.54, 1.807) is 6.21 Å². The molecule has 192 valence electrons. The molecule has 0 spiro atoms. The number of halogens is 3. The van der Waals surface area contributed by atoms with Gasteiger partial charge in [-0.3, -0.25) is 0 Å². The first-order valence-electron chi connectivity index (χ1n) is 11.1. The zero-order valence-corrected chi connectivity index (χ0v) is 19.8. The van der Waals surface area contributed by atoms with Crippen LogP contribution < -0.4 is 5.84 Å². The summed E-state index contributed by atoms with van der Waals surface area (Å²) in [7, 11) is 0. The van der Waals surface area contributed by atoms with E-state index in [1.807, 2.05) is 60.3 Å². The van der Waals surface area contributed by atoms with Crippen molar-refractivity contribution in [3.63, 3.8) is 0 Å². The molecule has 0 fully saturated rings. The van der Waals surface area contributed by atoms with Crippen LogP contribution in [0, 0.1) is 0 Å². The van der Waals surface area contributed by atoms with E-state index in [0.29, 0.717) is 18.7 Å². The number of aromatic nitrogens is 1. The molecule has 3 aromatic carbocycles. The van der Waals surface area contributed by atoms with Crippen LogP contribution in [-0.4, -0.2) is 40.6 Å². The van der Waals surface area contributed by atoms with E-state index in [-0.39, 0.29) is 5.97 Å². The van der Waals surface area contributed by atoms with Crippen LogP contribution in [0.1, 0.15) is 28.4 Å². The largest absolute Gasteiger partial charge is 0.490 e. The van der Waals surface area contributed by atoms with Gasteiger partial charge in [-0.25, -0.2) is 9.59 Å². The van der Waals surface area contributed by atoms with E-state index in [2.05, 4.69) is 35.4 Å². The standard InChI is InChI=1S/C25H23N3O2.C2HF3O2/c1-2-30-25(29)24-17-28(15-19-10-11-20-7-3-4-8-21(20)13-19)16-23(24)22-9-5-6-18(12-22)14-27-26;3-2(4,5)1(6)7/h3-14,16-17H,2,15,26H2,1H3;(H,6,7). The van der Waals surface area contributed by atoms with Gasteiger partial charge in [0, 0.05) is 24.5 Å². The summed E-state index contributed by atoms with van der Waals surface area (Å²) >= 11 is 0. The molecule has 10 heteroatoms. The van der Waals surface area contributed by atoms with Crippen molar-refractivity contribution in [1.82, 2.24) is 4.57 Å². The molecule has 0 aliphatic rings. The van der Waals surface area contributed by atoms with Gasteiger partial charge in [-0.2, -0.15) is 18.3 Å². The number of carbonyl (C=O) groups is 2. The molecule has 4 rings (SSSR count). The molecular formula is C27H24F3N3O4. The molecule has 0 amide bonds. The second-order valence-corrected chi connectivity index (χ2v) is 7.87. The molecule has 0 atom stereocenters. The Hall–Kier alpha value is -4.60. The van der Waals surface area contributed by atoms with Crippen molar-refractivity contribution < 1.29 is 32.6 Å². The van der Waals surface area contributed by atoms with Crippen molar-refractivity contribution in [3.05, 3.63) is 95.8 Å². The Kier molecular flexibility index (Phi) is 8.68. The summed E-state index contributed by atoms with van der Waals surface area (Å²) in [4.78, 5) is 21.5. The number of alkyl halides is 3. The number of benzene rings is 3. The lowest BCUT2D eigenvalue weighted by Crippen LogP contribution is -2.21. The van der Waals surface area contributed by atoms with E-state index in [9.17, 15) is 18.0 Å². The number of rotatable bonds is 6. The van der Waals surface area contributed by atoms with E-state index in [1.165, 1.54) is 10.8 Å². The number of esters is 1. The van der Waals surface area contributed by atoms with Crippen LogP contribution in [0.15, 0.2) is 84.2 Å². The van der Waals surface area contributed by atoms with Crippen molar-refractivity contribution in [1.29, 1.82) is 0 Å². The van der Waals surface area contributed by atoms with Crippen LogP contribution in [0.4, 0.5) is 13.2 Å². The number of hydrogen-bond acceptors (Lipinski definition) is 5. The van der Waals surface area contributed by atoms with Gasteiger partial charge in [0.05, 0.1) is 18.4 Å². The minimum Gasteiger partial charge on any atom is -0.475 e. The number of hydrogen-bond donors (Lipinski definition) is 2. The fourth-order valence-electron chi connectivity index (χ4n) is 3.62. The van der Waals surface area contributed by atoms with Crippen LogP contribution in [0.2, 0.25) is 0 Å². The first-order valence-corrected chi connectivity index (χ1v) is 11.1. The van der Waals surface area contributed by atoms with Gasteiger partial charge in [0.1, 0.15) is 0 Å². The van der Waals surface area contributed by atoms with Gasteiger partial charge in [0.15, 0.2) is 0 Å². The molecule has 0 radical (unpaired) electrons. The number of carboxylic acid groups (broad SMARTS) is 1. The second-order valence-electron chi connectivity index (χ2n) is 7.87. The Labute approximate surface area is 210 Å². The Balaban J connectivity index is 0.000000479. The number of nitrogens with zero attached hydrogens (tertiary/aromatic N) is 2. The smallest absolute Gasteiger partial charge is 0.475 e. The maximum atomic E-state index is 12.6. The molecule has 1 aromatic heterocycles. The molecule has 0 unspecified atom stereocenters. The molecule has 3 N–H and O–H groups in total. The molecular weight excluding hydrogens is 487 g/mol. The molecule has 0 aliphatic heterocycles. The average molecular weight is 512 g/mol. The minimum absolute atomic E-state index is 0.327. The lowest BCUT2D eigenvalue weighted by atomic mass is 10.0. The lowest BCUT2D eigenvalue weighted by Gasteiger charge is -2.05. The van der Waals surface area contributed by atoms with Crippen LogP contribution in [0.5, 0.6) is 0 Å². The van der Waals surface area contributed by atoms with Crippen LogP contribution in [0.25, 0.3) is 21.9 Å². The summed E-state index contributed by atoms with van der Waals surface area (Å²) in [6.07, 6.45) is 0.339. The first-order chi connectivity index (χ1) is 17.6. The molecule has 1 heterocycles. The highest BCUT2D eigenvalue weighted by Gasteiger charge is 2.38. The van der Waals surface area contributed by atoms with E-state index < -0.39 is 12.1 Å². The number of ether oxygens (including phenoxy) is 1. The summed E-state index contributed by atoms with van der Waals surface area (Å²) in [5.41, 5.74) is 4.30. The van der Waals surface area contributed by atoms with E-state index in [0.717, 1.165) is 22.3 Å². The Bertz CT molecular complexity index is 1430. The van der Waals surface area contributed by atoms with E-state index >= 15 is 0 Å². The van der Waals surface area contributed by atoms with Gasteiger partial charge in [0.2, 0.25) is 0 Å². The number of aliphatic carboxylic acids is 1. The average Bonchev–Trinajstić information content (AvgIpc) is 3.28. The summed E-state index contributed by atoms with van der Waals surface area (Å²) in [6.45, 7) is 2.79. The summed E-state index contributed by atoms with van der Waals surface area (Å²) in [5, 5.41) is 13.1. The van der Waals surface area contributed by atoms with Crippen molar-refractivity contribution in [2.24, 2.45) is 10.9 Å².